The molecule has 15 heteroatoms. The van der Waals surface area contributed by atoms with Gasteiger partial charge in [0.15, 0.2) is 0 Å². The number of hydrogen-bond donors (Lipinski definition) is 0. The molecule has 109 heavy (non-hydrogen) atoms. The molecule has 8 nitrogen and oxygen atoms in total. The van der Waals surface area contributed by atoms with E-state index in [1.54, 1.807) is 0 Å². The van der Waals surface area contributed by atoms with Gasteiger partial charge in [0, 0.05) is 25.7 Å². The summed E-state index contributed by atoms with van der Waals surface area (Å²) in [5, 5.41) is 0. The molecule has 0 aromatic carbocycles. The second-order valence-electron chi connectivity index (χ2n) is 29.3. The molecule has 0 aromatic rings. The normalized spacial score (nSPS) is 10.8. The maximum absolute atomic E-state index is 11.3. The van der Waals surface area contributed by atoms with Crippen LogP contribution in [0.1, 0.15) is 479 Å². The molecule has 0 spiro atoms. The van der Waals surface area contributed by atoms with Gasteiger partial charge in [-0.15, -0.1) is 23.0 Å². The molecule has 0 aliphatic heterocycles. The van der Waals surface area contributed by atoms with E-state index >= 15 is 0 Å². The molecule has 0 fully saturated rings. The zero-order valence-electron chi connectivity index (χ0n) is 70.8. The Labute approximate surface area is 744 Å². The van der Waals surface area contributed by atoms with Crippen LogP contribution in [0.5, 0.6) is 0 Å². The summed E-state index contributed by atoms with van der Waals surface area (Å²) >= 11 is 19.0. The molecule has 0 aromatic heterocycles. The molecule has 0 heterocycles. The van der Waals surface area contributed by atoms with Crippen molar-refractivity contribution < 1.29 is 38.1 Å². The fourth-order valence-electron chi connectivity index (χ4n) is 12.4. The van der Waals surface area contributed by atoms with Crippen LogP contribution in [0.2, 0.25) is 0 Å². The average molecular weight is 1840 g/mol. The van der Waals surface area contributed by atoms with Gasteiger partial charge in [-0.25, -0.2) is 0 Å². The van der Waals surface area contributed by atoms with E-state index in [9.17, 15) is 19.2 Å². The van der Waals surface area contributed by atoms with E-state index in [0.29, 0.717) is 75.1 Å². The van der Waals surface area contributed by atoms with E-state index in [2.05, 4.69) is 76.3 Å². The van der Waals surface area contributed by atoms with Gasteiger partial charge in [-0.3, -0.25) is 19.2 Å². The minimum atomic E-state index is -0.0807. The topological polar surface area (TPSA) is 105 Å². The largest absolute Gasteiger partial charge is 2.00 e. The van der Waals surface area contributed by atoms with Gasteiger partial charge in [0.05, 0.1) is 26.4 Å². The molecule has 4 radical (unpaired) electrons. The van der Waals surface area contributed by atoms with Crippen LogP contribution in [0, 0.1) is 0 Å². The van der Waals surface area contributed by atoms with Gasteiger partial charge in [0.1, 0.15) is 0 Å². The minimum Gasteiger partial charge on any atom is -0.789 e. The van der Waals surface area contributed by atoms with Crippen LogP contribution in [-0.2, 0) is 88.6 Å². The van der Waals surface area contributed by atoms with Gasteiger partial charge in [0.25, 0.3) is 0 Å². The second kappa shape index (κ2) is 124. The molecule has 0 saturated heterocycles. The number of ether oxygens (including phenoxy) is 4. The fourth-order valence-corrected chi connectivity index (χ4v) is 12.8. The molecular weight excluding hydrogens is 1650 g/mol. The Morgan fingerprint density at radius 2 is 0.312 bits per heavy atom. The summed E-state index contributed by atoms with van der Waals surface area (Å²) in [5.74, 6) is 1.69. The monoisotopic (exact) mass is 1840 g/mol. The molecule has 0 unspecified atom stereocenters. The van der Waals surface area contributed by atoms with Crippen molar-refractivity contribution >= 4 is 136 Å². The first-order valence-electron chi connectivity index (χ1n) is 44.8. The van der Waals surface area contributed by atoms with Gasteiger partial charge >= 0.3 is 71.7 Å². The molecule has 0 bridgehead atoms. The van der Waals surface area contributed by atoms with Gasteiger partial charge in [0.2, 0.25) is 0 Å². The second-order valence-corrected chi connectivity index (χ2v) is 30.9. The van der Waals surface area contributed by atoms with Crippen molar-refractivity contribution in [1.29, 1.82) is 0 Å². The van der Waals surface area contributed by atoms with Gasteiger partial charge < -0.3 is 69.5 Å². The number of esters is 4. The summed E-state index contributed by atoms with van der Waals surface area (Å²) < 4.78 is 19.9. The molecular formula is C94H182O8S5Sn2. The molecule has 0 N–H and O–H groups in total. The molecule has 0 atom stereocenters. The summed E-state index contributed by atoms with van der Waals surface area (Å²) in [6.07, 6.45) is 105. The number of hydrogen-bond acceptors (Lipinski definition) is 12. The van der Waals surface area contributed by atoms with Crippen molar-refractivity contribution in [2.24, 2.45) is 0 Å². The Hall–Kier alpha value is 0.187. The Kier molecular flexibility index (Phi) is 145. The SMILES string of the molecule is C.C.CCC/C=C/CCCCCCCCCCCCCCCC(=O)OCC[S-].CCC/C=C/CCCCCCCCCCCCCCCC(=O)OCC[S-].CCC/C=C/CCCCCCCCCCCCCCCC(=O)OCC[S-].CCC/C=C/CCCCCCCCCCCCCCCC(=O)OCC[S-].S.[Sn+2].[Sn+2]. The van der Waals surface area contributed by atoms with Crippen LogP contribution in [0.3, 0.4) is 0 Å². The van der Waals surface area contributed by atoms with Crippen molar-refractivity contribution in [2.75, 3.05) is 49.4 Å². The number of rotatable bonds is 80. The zero-order valence-corrected chi connectivity index (χ0v) is 80.7. The third kappa shape index (κ3) is 132. The molecule has 0 amide bonds. The summed E-state index contributed by atoms with van der Waals surface area (Å²) in [6, 6.07) is 0. The van der Waals surface area contributed by atoms with Gasteiger partial charge in [-0.1, -0.05) is 399 Å². The number of unbranched alkanes of at least 4 members (excludes halogenated alkanes) is 56. The molecule has 0 saturated carbocycles. The quantitative estimate of drug-likeness (QED) is 0.0145. The average Bonchev–Trinajstić information content (AvgIpc) is 2.78. The van der Waals surface area contributed by atoms with E-state index in [-0.39, 0.29) is 100 Å². The van der Waals surface area contributed by atoms with Crippen LogP contribution in [-0.4, -0.2) is 121 Å². The maximum Gasteiger partial charge on any atom is 2.00 e. The Morgan fingerprint density at radius 3 is 0.431 bits per heavy atom. The van der Waals surface area contributed by atoms with E-state index < -0.39 is 0 Å². The summed E-state index contributed by atoms with van der Waals surface area (Å²) in [4.78, 5) is 45.2. The van der Waals surface area contributed by atoms with Crippen LogP contribution in [0.25, 0.3) is 0 Å². The van der Waals surface area contributed by atoms with Crippen molar-refractivity contribution in [3.8, 4) is 0 Å². The smallest absolute Gasteiger partial charge is 0.789 e. The van der Waals surface area contributed by atoms with Gasteiger partial charge in [-0.2, -0.15) is 13.5 Å². The zero-order chi connectivity index (χ0) is 76.5. The van der Waals surface area contributed by atoms with Crippen molar-refractivity contribution in [2.45, 2.75) is 479 Å². The third-order valence-corrected chi connectivity index (χ3v) is 19.5. The predicted molar refractivity (Wildman–Crippen MR) is 501 cm³/mol. The van der Waals surface area contributed by atoms with Crippen molar-refractivity contribution in [1.82, 2.24) is 0 Å². The third-order valence-electron chi connectivity index (χ3n) is 18.9. The molecule has 0 aliphatic carbocycles. The number of carbonyl (C=O) groups excluding carboxylic acids is 4. The first kappa shape index (κ1) is 127. The number of allylic oxidation sites excluding steroid dienone is 8. The van der Waals surface area contributed by atoms with Crippen molar-refractivity contribution in [3.05, 3.63) is 48.6 Å². The van der Waals surface area contributed by atoms with Crippen LogP contribution in [0.4, 0.5) is 0 Å². The van der Waals surface area contributed by atoms with Crippen molar-refractivity contribution in [3.63, 3.8) is 0 Å². The molecule has 0 aliphatic rings. The molecule has 0 rings (SSSR count). The standard InChI is InChI=1S/4C23H44O2S.2CH4.H2S.2Sn/c4*1-2-3-4-5-6-7-8-9-10-11-12-13-14-15-16-17-18-19-20-23(24)25-21-22-26;;;;;/h4*4-5,26H,2-3,6-22H2,1H3;2*1H4;1H2;;/q;;;;;;;2*+2/p-4/b4*5-4+;;;;;. The Morgan fingerprint density at radius 1 is 0.202 bits per heavy atom. The van der Waals surface area contributed by atoms with Crippen LogP contribution in [0.15, 0.2) is 48.6 Å². The Bertz CT molecular complexity index is 1530. The summed E-state index contributed by atoms with van der Waals surface area (Å²) in [6.45, 7) is 10.5. The van der Waals surface area contributed by atoms with E-state index in [1.807, 2.05) is 0 Å². The Balaban J connectivity index is -0.000000172. The first-order valence-corrected chi connectivity index (χ1v) is 47.1. The summed E-state index contributed by atoms with van der Waals surface area (Å²) in [7, 11) is 0. The van der Waals surface area contributed by atoms with E-state index in [1.165, 1.54) is 360 Å². The first-order chi connectivity index (χ1) is 51.2. The maximum atomic E-state index is 11.3. The van der Waals surface area contributed by atoms with Crippen LogP contribution >= 0.6 is 13.5 Å². The number of carbonyl (C=O) groups is 4. The predicted octanol–water partition coefficient (Wildman–Crippen LogP) is 29.8. The molecule has 644 valence electrons. The van der Waals surface area contributed by atoms with Crippen LogP contribution < -0.4 is 0 Å². The minimum absolute atomic E-state index is 0. The summed E-state index contributed by atoms with van der Waals surface area (Å²) in [5.41, 5.74) is 0. The van der Waals surface area contributed by atoms with E-state index in [4.69, 9.17) is 69.5 Å². The van der Waals surface area contributed by atoms with Gasteiger partial charge in [-0.05, 0) is 103 Å². The fraction of sp³-hybridized carbons (Fsp3) is 0.872. The van der Waals surface area contributed by atoms with E-state index in [0.717, 1.165) is 51.4 Å².